The molecule has 0 bridgehead atoms. The van der Waals surface area contributed by atoms with Crippen LogP contribution >= 0.6 is 11.6 Å². The van der Waals surface area contributed by atoms with Gasteiger partial charge in [0.05, 0.1) is 0 Å². The third kappa shape index (κ3) is 5.26. The molecule has 3 aromatic rings. The minimum atomic E-state index is -0.460. The molecule has 154 valence electrons. The summed E-state index contributed by atoms with van der Waals surface area (Å²) >= 11 is 5.86. The Morgan fingerprint density at radius 1 is 0.867 bits per heavy atom. The Kier molecular flexibility index (Phi) is 6.09. The molecule has 10 heteroatoms. The Labute approximate surface area is 178 Å². The molecule has 30 heavy (non-hydrogen) atoms. The number of carbonyl (C=O) groups excluding carboxylic acids is 1. The van der Waals surface area contributed by atoms with E-state index in [1.807, 2.05) is 30.3 Å². The molecule has 0 aliphatic carbocycles. The van der Waals surface area contributed by atoms with Gasteiger partial charge in [0, 0.05) is 29.5 Å². The fourth-order valence-electron chi connectivity index (χ4n) is 2.99. The predicted molar refractivity (Wildman–Crippen MR) is 118 cm³/mol. The van der Waals surface area contributed by atoms with E-state index in [0.29, 0.717) is 22.6 Å². The average molecular weight is 425 g/mol. The second-order valence-electron chi connectivity index (χ2n) is 6.68. The minimum absolute atomic E-state index is 0.233. The zero-order valence-corrected chi connectivity index (χ0v) is 16.9. The van der Waals surface area contributed by atoms with Crippen LogP contribution in [0.25, 0.3) is 0 Å². The first kappa shape index (κ1) is 19.7. The Morgan fingerprint density at radius 2 is 1.57 bits per heavy atom. The lowest BCUT2D eigenvalue weighted by atomic mass is 10.3. The number of halogens is 1. The fraction of sp³-hybridized carbons (Fsp3) is 0.200. The lowest BCUT2D eigenvalue weighted by molar-refractivity contribution is 0.253. The topological polar surface area (TPSA) is 107 Å². The zero-order chi connectivity index (χ0) is 20.8. The van der Waals surface area contributed by atoms with Gasteiger partial charge >= 0.3 is 6.03 Å². The normalized spacial score (nSPS) is 13.0. The first-order valence-electron chi connectivity index (χ1n) is 9.57. The van der Waals surface area contributed by atoms with E-state index in [0.717, 1.165) is 31.6 Å². The Morgan fingerprint density at radius 3 is 2.30 bits per heavy atom. The van der Waals surface area contributed by atoms with Gasteiger partial charge in [0.2, 0.25) is 17.8 Å². The Hall–Kier alpha value is -3.59. The van der Waals surface area contributed by atoms with E-state index in [1.54, 1.807) is 24.3 Å². The van der Waals surface area contributed by atoms with Gasteiger partial charge in [-0.15, -0.1) is 0 Å². The maximum absolute atomic E-state index is 12.2. The number of nitrogens with zero attached hydrogens (tertiary/aromatic N) is 4. The molecular formula is C20H21ClN8O. The predicted octanol–water partition coefficient (Wildman–Crippen LogP) is 4.02. The number of hydrogen-bond donors (Lipinski definition) is 4. The number of urea groups is 1. The number of hydrogen-bond acceptors (Lipinski definition) is 7. The SMILES string of the molecule is O=C(NNc1nc(Nc2ccccc2)nc(N2CCCC2)n1)Nc1ccc(Cl)cc1. The quantitative estimate of drug-likeness (QED) is 0.443. The van der Waals surface area contributed by atoms with Gasteiger partial charge in [0.25, 0.3) is 0 Å². The van der Waals surface area contributed by atoms with Crippen LogP contribution in [0.3, 0.4) is 0 Å². The first-order chi connectivity index (χ1) is 14.7. The van der Waals surface area contributed by atoms with E-state index in [1.165, 1.54) is 0 Å². The summed E-state index contributed by atoms with van der Waals surface area (Å²) in [6.45, 7) is 1.78. The standard InChI is InChI=1S/C20H21ClN8O/c21-14-8-10-16(11-9-14)23-20(30)28-27-18-24-17(22-15-6-2-1-3-7-15)25-19(26-18)29-12-4-5-13-29/h1-3,6-11H,4-5,12-13H2,(H2,23,28,30)(H2,22,24,25,26,27). The van der Waals surface area contributed by atoms with Crippen LogP contribution in [0.2, 0.25) is 5.02 Å². The van der Waals surface area contributed by atoms with Crippen LogP contribution in [-0.4, -0.2) is 34.1 Å². The maximum atomic E-state index is 12.2. The molecule has 1 aromatic heterocycles. The van der Waals surface area contributed by atoms with E-state index >= 15 is 0 Å². The van der Waals surface area contributed by atoms with E-state index < -0.39 is 6.03 Å². The molecule has 2 amide bonds. The van der Waals surface area contributed by atoms with Crippen molar-refractivity contribution in [3.63, 3.8) is 0 Å². The smallest absolute Gasteiger partial charge is 0.337 e. The molecule has 0 radical (unpaired) electrons. The zero-order valence-electron chi connectivity index (χ0n) is 16.1. The van der Waals surface area contributed by atoms with Crippen LogP contribution in [0.1, 0.15) is 12.8 Å². The summed E-state index contributed by atoms with van der Waals surface area (Å²) in [4.78, 5) is 27.6. The molecule has 0 atom stereocenters. The van der Waals surface area contributed by atoms with Gasteiger partial charge < -0.3 is 15.5 Å². The number of anilines is 5. The van der Waals surface area contributed by atoms with Crippen LogP contribution in [0.5, 0.6) is 0 Å². The molecule has 0 unspecified atom stereocenters. The van der Waals surface area contributed by atoms with E-state index in [4.69, 9.17) is 11.6 Å². The number of rotatable bonds is 6. The number of para-hydroxylation sites is 1. The van der Waals surface area contributed by atoms with Crippen molar-refractivity contribution in [1.29, 1.82) is 0 Å². The van der Waals surface area contributed by atoms with Crippen molar-refractivity contribution in [3.8, 4) is 0 Å². The van der Waals surface area contributed by atoms with Crippen molar-refractivity contribution >= 4 is 46.9 Å². The molecule has 1 aliphatic rings. The van der Waals surface area contributed by atoms with E-state index in [9.17, 15) is 4.79 Å². The average Bonchev–Trinajstić information content (AvgIpc) is 3.30. The van der Waals surface area contributed by atoms with E-state index in [-0.39, 0.29) is 5.95 Å². The van der Waals surface area contributed by atoms with Crippen LogP contribution in [0.15, 0.2) is 54.6 Å². The number of hydrazine groups is 1. The molecule has 0 saturated carbocycles. The summed E-state index contributed by atoms with van der Waals surface area (Å²) in [7, 11) is 0. The number of carbonyl (C=O) groups is 1. The fourth-order valence-corrected chi connectivity index (χ4v) is 3.12. The van der Waals surface area contributed by atoms with Gasteiger partial charge in [0.1, 0.15) is 0 Å². The molecule has 2 heterocycles. The van der Waals surface area contributed by atoms with Gasteiger partial charge in [-0.05, 0) is 49.2 Å². The third-order valence-electron chi connectivity index (χ3n) is 4.43. The maximum Gasteiger partial charge on any atom is 0.337 e. The summed E-state index contributed by atoms with van der Waals surface area (Å²) in [5.41, 5.74) is 6.75. The first-order valence-corrected chi connectivity index (χ1v) is 9.95. The highest BCUT2D eigenvalue weighted by atomic mass is 35.5. The Balaban J connectivity index is 1.46. The largest absolute Gasteiger partial charge is 0.341 e. The van der Waals surface area contributed by atoms with Gasteiger partial charge in [0.15, 0.2) is 0 Å². The monoisotopic (exact) mass is 424 g/mol. The van der Waals surface area contributed by atoms with E-state index in [2.05, 4.69) is 41.3 Å². The molecule has 2 aromatic carbocycles. The molecule has 4 N–H and O–H groups in total. The molecule has 1 saturated heterocycles. The molecule has 4 rings (SSSR count). The van der Waals surface area contributed by atoms with Gasteiger partial charge in [-0.1, -0.05) is 29.8 Å². The van der Waals surface area contributed by atoms with Crippen molar-refractivity contribution in [2.45, 2.75) is 12.8 Å². The van der Waals surface area contributed by atoms with Crippen molar-refractivity contribution < 1.29 is 4.79 Å². The van der Waals surface area contributed by atoms with Crippen LogP contribution in [0, 0.1) is 0 Å². The summed E-state index contributed by atoms with van der Waals surface area (Å²) in [5.74, 6) is 1.18. The summed E-state index contributed by atoms with van der Waals surface area (Å²) in [6.07, 6.45) is 2.19. The summed E-state index contributed by atoms with van der Waals surface area (Å²) in [5, 5.41) is 6.46. The van der Waals surface area contributed by atoms with Crippen molar-refractivity contribution in [1.82, 2.24) is 20.4 Å². The molecular weight excluding hydrogens is 404 g/mol. The molecule has 1 fully saturated rings. The second kappa shape index (κ2) is 9.27. The number of amides is 2. The molecule has 0 spiro atoms. The molecule has 1 aliphatic heterocycles. The van der Waals surface area contributed by atoms with Crippen LogP contribution in [0.4, 0.5) is 34.0 Å². The van der Waals surface area contributed by atoms with Crippen molar-refractivity contribution in [2.75, 3.05) is 34.0 Å². The Bertz CT molecular complexity index is 993. The van der Waals surface area contributed by atoms with Gasteiger partial charge in [-0.3, -0.25) is 5.43 Å². The molecule has 9 nitrogen and oxygen atoms in total. The van der Waals surface area contributed by atoms with Gasteiger partial charge in [-0.25, -0.2) is 10.2 Å². The highest BCUT2D eigenvalue weighted by molar-refractivity contribution is 6.30. The van der Waals surface area contributed by atoms with Crippen LogP contribution < -0.4 is 26.4 Å². The van der Waals surface area contributed by atoms with Crippen LogP contribution in [-0.2, 0) is 0 Å². The lowest BCUT2D eigenvalue weighted by Gasteiger charge is -2.17. The highest BCUT2D eigenvalue weighted by Crippen LogP contribution is 2.20. The number of aromatic nitrogens is 3. The highest BCUT2D eigenvalue weighted by Gasteiger charge is 2.18. The van der Waals surface area contributed by atoms with Gasteiger partial charge in [-0.2, -0.15) is 15.0 Å². The van der Waals surface area contributed by atoms with Crippen molar-refractivity contribution in [2.24, 2.45) is 0 Å². The summed E-state index contributed by atoms with van der Waals surface area (Å²) in [6, 6.07) is 16.0. The number of benzene rings is 2. The summed E-state index contributed by atoms with van der Waals surface area (Å²) < 4.78 is 0. The third-order valence-corrected chi connectivity index (χ3v) is 4.68. The van der Waals surface area contributed by atoms with Crippen molar-refractivity contribution in [3.05, 3.63) is 59.6 Å². The number of nitrogens with one attached hydrogen (secondary N) is 4. The second-order valence-corrected chi connectivity index (χ2v) is 7.12. The minimum Gasteiger partial charge on any atom is -0.341 e. The lowest BCUT2D eigenvalue weighted by Crippen LogP contribution is -2.34.